The Morgan fingerprint density at radius 3 is 2.88 bits per heavy atom. The third kappa shape index (κ3) is 2.38. The Hall–Kier alpha value is -1.02. The third-order valence-corrected chi connectivity index (χ3v) is 2.89. The fourth-order valence-corrected chi connectivity index (χ4v) is 2.20. The molecule has 0 atom stereocenters. The Morgan fingerprint density at radius 2 is 2.19 bits per heavy atom. The standard InChI is InChI=1S/C10H9IN2O3/c11-7-3-8(12-15)5-9(4-7)13-1-2-16-6-10(13)14/h3-5H,1-2,6H2. The second-order valence-electron chi connectivity index (χ2n) is 3.36. The first-order valence-electron chi connectivity index (χ1n) is 4.73. The second-order valence-corrected chi connectivity index (χ2v) is 4.60. The smallest absolute Gasteiger partial charge is 0.253 e. The lowest BCUT2D eigenvalue weighted by atomic mass is 10.2. The molecule has 0 N–H and O–H groups in total. The Kier molecular flexibility index (Phi) is 3.49. The van der Waals surface area contributed by atoms with Crippen LogP contribution in [0.25, 0.3) is 0 Å². The first kappa shape index (κ1) is 11.5. The summed E-state index contributed by atoms with van der Waals surface area (Å²) in [6, 6.07) is 5.12. The number of rotatable bonds is 2. The van der Waals surface area contributed by atoms with Crippen molar-refractivity contribution < 1.29 is 9.53 Å². The summed E-state index contributed by atoms with van der Waals surface area (Å²) in [4.78, 5) is 23.7. The molecule has 5 nitrogen and oxygen atoms in total. The fraction of sp³-hybridized carbons (Fsp3) is 0.300. The number of carbonyl (C=O) groups excluding carboxylic acids is 1. The van der Waals surface area contributed by atoms with Crippen LogP contribution in [0.15, 0.2) is 23.4 Å². The highest BCUT2D eigenvalue weighted by Gasteiger charge is 2.20. The minimum Gasteiger partial charge on any atom is -0.370 e. The van der Waals surface area contributed by atoms with Gasteiger partial charge in [0.2, 0.25) is 0 Å². The molecule has 1 fully saturated rings. The molecule has 1 amide bonds. The van der Waals surface area contributed by atoms with Crippen LogP contribution in [0.2, 0.25) is 0 Å². The van der Waals surface area contributed by atoms with Gasteiger partial charge >= 0.3 is 0 Å². The maximum absolute atomic E-state index is 11.6. The van der Waals surface area contributed by atoms with E-state index >= 15 is 0 Å². The van der Waals surface area contributed by atoms with Gasteiger partial charge in [-0.3, -0.25) is 4.79 Å². The van der Waals surface area contributed by atoms with Gasteiger partial charge in [0.1, 0.15) is 12.3 Å². The van der Waals surface area contributed by atoms with Gasteiger partial charge in [0.25, 0.3) is 5.91 Å². The van der Waals surface area contributed by atoms with Crippen LogP contribution >= 0.6 is 22.6 Å². The van der Waals surface area contributed by atoms with E-state index in [0.717, 1.165) is 3.57 Å². The summed E-state index contributed by atoms with van der Waals surface area (Å²) < 4.78 is 5.92. The molecule has 2 rings (SSSR count). The molecule has 1 heterocycles. The normalized spacial score (nSPS) is 16.3. The number of anilines is 1. The molecule has 0 bridgehead atoms. The van der Waals surface area contributed by atoms with E-state index in [-0.39, 0.29) is 12.5 Å². The van der Waals surface area contributed by atoms with Gasteiger partial charge in [-0.1, -0.05) is 0 Å². The predicted molar refractivity (Wildman–Crippen MR) is 67.8 cm³/mol. The van der Waals surface area contributed by atoms with Crippen molar-refractivity contribution in [2.24, 2.45) is 5.18 Å². The molecule has 0 radical (unpaired) electrons. The molecule has 1 aromatic carbocycles. The third-order valence-electron chi connectivity index (χ3n) is 2.27. The molecule has 1 aliphatic heterocycles. The summed E-state index contributed by atoms with van der Waals surface area (Å²) in [6.45, 7) is 1.12. The molecule has 0 aromatic heterocycles. The molecule has 1 aliphatic rings. The molecule has 0 saturated carbocycles. The highest BCUT2D eigenvalue weighted by Crippen LogP contribution is 2.26. The zero-order valence-electron chi connectivity index (χ0n) is 8.35. The predicted octanol–water partition coefficient (Wildman–Crippen LogP) is 2.05. The van der Waals surface area contributed by atoms with Crippen molar-refractivity contribution in [1.29, 1.82) is 0 Å². The summed E-state index contributed by atoms with van der Waals surface area (Å²) in [5, 5.41) is 2.89. The minimum atomic E-state index is -0.0925. The molecular formula is C10H9IN2O3. The van der Waals surface area contributed by atoms with E-state index in [0.29, 0.717) is 24.5 Å². The summed E-state index contributed by atoms with van der Waals surface area (Å²) in [6.07, 6.45) is 0. The SMILES string of the molecule is O=Nc1cc(I)cc(N2CCOCC2=O)c1. The highest BCUT2D eigenvalue weighted by atomic mass is 127. The first-order chi connectivity index (χ1) is 7.70. The van der Waals surface area contributed by atoms with Crippen molar-refractivity contribution in [2.45, 2.75) is 0 Å². The topological polar surface area (TPSA) is 59.0 Å². The van der Waals surface area contributed by atoms with E-state index in [1.54, 1.807) is 17.0 Å². The average molecular weight is 332 g/mol. The van der Waals surface area contributed by atoms with Crippen LogP contribution in [-0.4, -0.2) is 25.7 Å². The molecule has 1 aromatic rings. The van der Waals surface area contributed by atoms with Crippen LogP contribution in [-0.2, 0) is 9.53 Å². The van der Waals surface area contributed by atoms with Gasteiger partial charge in [-0.05, 0) is 46.0 Å². The van der Waals surface area contributed by atoms with Gasteiger partial charge in [0.05, 0.1) is 6.61 Å². The van der Waals surface area contributed by atoms with Crippen LogP contribution in [0.3, 0.4) is 0 Å². The van der Waals surface area contributed by atoms with E-state index in [1.807, 2.05) is 6.07 Å². The van der Waals surface area contributed by atoms with Crippen molar-refractivity contribution in [3.8, 4) is 0 Å². The lowest BCUT2D eigenvalue weighted by Gasteiger charge is -2.27. The number of ether oxygens (including phenoxy) is 1. The Labute approximate surface area is 106 Å². The van der Waals surface area contributed by atoms with Gasteiger partial charge < -0.3 is 9.64 Å². The Bertz CT molecular complexity index is 436. The number of morpholine rings is 1. The van der Waals surface area contributed by atoms with Gasteiger partial charge in [0, 0.05) is 15.8 Å². The summed E-state index contributed by atoms with van der Waals surface area (Å²) in [5.41, 5.74) is 1.04. The minimum absolute atomic E-state index is 0.0925. The van der Waals surface area contributed by atoms with Gasteiger partial charge in [-0.15, -0.1) is 4.91 Å². The van der Waals surface area contributed by atoms with E-state index in [9.17, 15) is 9.70 Å². The summed E-state index contributed by atoms with van der Waals surface area (Å²) in [7, 11) is 0. The second kappa shape index (κ2) is 4.88. The van der Waals surface area contributed by atoms with Crippen molar-refractivity contribution in [3.05, 3.63) is 26.7 Å². The van der Waals surface area contributed by atoms with Gasteiger partial charge in [-0.2, -0.15) is 0 Å². The first-order valence-corrected chi connectivity index (χ1v) is 5.80. The van der Waals surface area contributed by atoms with Gasteiger partial charge in [0.15, 0.2) is 0 Å². The summed E-state index contributed by atoms with van der Waals surface area (Å²) in [5.74, 6) is -0.0925. The van der Waals surface area contributed by atoms with Crippen molar-refractivity contribution in [1.82, 2.24) is 0 Å². The number of halogens is 1. The largest absolute Gasteiger partial charge is 0.370 e. The number of hydrogen-bond donors (Lipinski definition) is 0. The van der Waals surface area contributed by atoms with E-state index in [4.69, 9.17) is 4.74 Å². The number of nitrogens with zero attached hydrogens (tertiary/aromatic N) is 2. The van der Waals surface area contributed by atoms with Crippen LogP contribution in [0.1, 0.15) is 0 Å². The van der Waals surface area contributed by atoms with Crippen molar-refractivity contribution in [2.75, 3.05) is 24.7 Å². The maximum Gasteiger partial charge on any atom is 0.253 e. The lowest BCUT2D eigenvalue weighted by Crippen LogP contribution is -2.41. The molecule has 0 unspecified atom stereocenters. The van der Waals surface area contributed by atoms with Crippen LogP contribution < -0.4 is 4.90 Å². The molecule has 0 aliphatic carbocycles. The fourth-order valence-electron chi connectivity index (χ4n) is 1.56. The van der Waals surface area contributed by atoms with E-state index in [1.165, 1.54) is 0 Å². The van der Waals surface area contributed by atoms with Crippen molar-refractivity contribution in [3.63, 3.8) is 0 Å². The zero-order valence-corrected chi connectivity index (χ0v) is 10.5. The molecular weight excluding hydrogens is 323 g/mol. The van der Waals surface area contributed by atoms with Crippen molar-refractivity contribution >= 4 is 39.9 Å². The Balaban J connectivity index is 2.34. The van der Waals surface area contributed by atoms with Crippen LogP contribution in [0, 0.1) is 8.48 Å². The zero-order chi connectivity index (χ0) is 11.5. The maximum atomic E-state index is 11.6. The lowest BCUT2D eigenvalue weighted by molar-refractivity contribution is -0.125. The highest BCUT2D eigenvalue weighted by molar-refractivity contribution is 14.1. The number of carbonyl (C=O) groups is 1. The average Bonchev–Trinajstić information content (AvgIpc) is 2.28. The van der Waals surface area contributed by atoms with Crippen LogP contribution in [0.4, 0.5) is 11.4 Å². The number of hydrogen-bond acceptors (Lipinski definition) is 4. The molecule has 16 heavy (non-hydrogen) atoms. The number of amides is 1. The number of benzene rings is 1. The molecule has 0 spiro atoms. The molecule has 84 valence electrons. The number of nitroso groups, excluding NO2 is 1. The Morgan fingerprint density at radius 1 is 1.38 bits per heavy atom. The van der Waals surface area contributed by atoms with Crippen LogP contribution in [0.5, 0.6) is 0 Å². The molecule has 6 heteroatoms. The quantitative estimate of drug-likeness (QED) is 0.615. The monoisotopic (exact) mass is 332 g/mol. The van der Waals surface area contributed by atoms with E-state index in [2.05, 4.69) is 27.8 Å². The van der Waals surface area contributed by atoms with Gasteiger partial charge in [-0.25, -0.2) is 0 Å². The molecule has 1 saturated heterocycles. The summed E-state index contributed by atoms with van der Waals surface area (Å²) >= 11 is 2.09. The van der Waals surface area contributed by atoms with E-state index < -0.39 is 0 Å².